The van der Waals surface area contributed by atoms with Gasteiger partial charge in [-0.15, -0.1) is 0 Å². The molecule has 2 atom stereocenters. The first-order chi connectivity index (χ1) is 11.9. The van der Waals surface area contributed by atoms with Crippen LogP contribution in [0.4, 0.5) is 0 Å². The van der Waals surface area contributed by atoms with Crippen LogP contribution in [-0.4, -0.2) is 42.6 Å². The minimum absolute atomic E-state index is 0.0268. The number of methoxy groups -OCH3 is 2. The SMILES string of the molecule is COC1=C2c3ccc(OC)c(=O)cc3C3CCC2(C=C(O)C1=O)N3C. The van der Waals surface area contributed by atoms with E-state index in [-0.39, 0.29) is 28.7 Å². The number of aliphatic hydroxyl groups excluding tert-OH is 1. The van der Waals surface area contributed by atoms with Gasteiger partial charge in [0.2, 0.25) is 5.43 Å². The van der Waals surface area contributed by atoms with Crippen molar-refractivity contribution >= 4 is 11.4 Å². The minimum atomic E-state index is -0.606. The van der Waals surface area contributed by atoms with E-state index in [0.29, 0.717) is 5.57 Å². The van der Waals surface area contributed by atoms with E-state index in [2.05, 4.69) is 4.90 Å². The number of hydrogen-bond donors (Lipinski definition) is 1. The number of ketones is 1. The predicted molar refractivity (Wildman–Crippen MR) is 91.4 cm³/mol. The lowest BCUT2D eigenvalue weighted by atomic mass is 9.75. The first-order valence-corrected chi connectivity index (χ1v) is 8.15. The van der Waals surface area contributed by atoms with E-state index in [1.807, 2.05) is 13.1 Å². The Morgan fingerprint density at radius 3 is 2.68 bits per heavy atom. The molecule has 1 aromatic carbocycles. The molecule has 1 spiro atoms. The Morgan fingerprint density at radius 2 is 2.00 bits per heavy atom. The van der Waals surface area contributed by atoms with Gasteiger partial charge >= 0.3 is 0 Å². The van der Waals surface area contributed by atoms with Gasteiger partial charge in [-0.3, -0.25) is 14.5 Å². The average Bonchev–Trinajstić information content (AvgIpc) is 2.73. The zero-order valence-corrected chi connectivity index (χ0v) is 14.3. The molecule has 1 saturated heterocycles. The molecule has 2 bridgehead atoms. The van der Waals surface area contributed by atoms with Crippen molar-refractivity contribution < 1.29 is 19.4 Å². The molecular formula is C19H19NO5. The Morgan fingerprint density at radius 1 is 1.24 bits per heavy atom. The number of ether oxygens (including phenoxy) is 2. The van der Waals surface area contributed by atoms with Crippen LogP contribution in [0.25, 0.3) is 5.57 Å². The summed E-state index contributed by atoms with van der Waals surface area (Å²) < 4.78 is 10.6. The van der Waals surface area contributed by atoms with Crippen molar-refractivity contribution in [3.8, 4) is 5.75 Å². The minimum Gasteiger partial charge on any atom is -0.504 e. The van der Waals surface area contributed by atoms with Gasteiger partial charge in [0.1, 0.15) is 0 Å². The van der Waals surface area contributed by atoms with E-state index >= 15 is 0 Å². The molecule has 0 radical (unpaired) electrons. The average molecular weight is 341 g/mol. The molecule has 1 aromatic rings. The lowest BCUT2D eigenvalue weighted by Crippen LogP contribution is -2.48. The van der Waals surface area contributed by atoms with Crippen LogP contribution in [0.5, 0.6) is 5.75 Å². The topological polar surface area (TPSA) is 76.1 Å². The highest BCUT2D eigenvalue weighted by molar-refractivity contribution is 6.14. The Labute approximate surface area is 145 Å². The number of carbonyl (C=O) groups is 1. The normalized spacial score (nSPS) is 27.6. The number of fused-ring (bicyclic) bond motifs is 4. The van der Waals surface area contributed by atoms with Gasteiger partial charge in [-0.25, -0.2) is 0 Å². The number of nitrogens with zero attached hydrogens (tertiary/aromatic N) is 1. The Bertz CT molecular complexity index is 916. The lowest BCUT2D eigenvalue weighted by molar-refractivity contribution is -0.117. The molecule has 1 N–H and O–H groups in total. The van der Waals surface area contributed by atoms with Crippen molar-refractivity contribution in [3.05, 3.63) is 57.1 Å². The Kier molecular flexibility index (Phi) is 3.30. The smallest absolute Gasteiger partial charge is 0.261 e. The molecule has 3 aliphatic rings. The van der Waals surface area contributed by atoms with Crippen molar-refractivity contribution in [2.45, 2.75) is 24.4 Å². The summed E-state index contributed by atoms with van der Waals surface area (Å²) in [6.45, 7) is 0. The molecule has 130 valence electrons. The Balaban J connectivity index is 2.12. The van der Waals surface area contributed by atoms with E-state index in [0.717, 1.165) is 24.0 Å². The van der Waals surface area contributed by atoms with Crippen LogP contribution in [0.15, 0.2) is 40.6 Å². The number of Topliss-reactive ketones (excluding diaryl/α,β-unsaturated/α-hetero) is 1. The first-order valence-electron chi connectivity index (χ1n) is 8.15. The van der Waals surface area contributed by atoms with Crippen LogP contribution in [0, 0.1) is 0 Å². The second-order valence-corrected chi connectivity index (χ2v) is 6.64. The van der Waals surface area contributed by atoms with Gasteiger partial charge in [-0.1, -0.05) is 6.07 Å². The van der Waals surface area contributed by atoms with Crippen molar-refractivity contribution in [1.29, 1.82) is 0 Å². The highest BCUT2D eigenvalue weighted by atomic mass is 16.5. The van der Waals surface area contributed by atoms with Gasteiger partial charge in [0, 0.05) is 11.6 Å². The molecule has 0 aromatic heterocycles. The number of carbonyl (C=O) groups excluding carboxylic acids is 1. The second-order valence-electron chi connectivity index (χ2n) is 6.64. The van der Waals surface area contributed by atoms with Gasteiger partial charge in [0.25, 0.3) is 5.78 Å². The monoisotopic (exact) mass is 341 g/mol. The van der Waals surface area contributed by atoms with Crippen LogP contribution in [-0.2, 0) is 9.53 Å². The summed E-state index contributed by atoms with van der Waals surface area (Å²) in [5.41, 5.74) is 1.57. The molecule has 0 saturated carbocycles. The summed E-state index contributed by atoms with van der Waals surface area (Å²) in [5.74, 6) is -0.444. The molecule has 6 nitrogen and oxygen atoms in total. The van der Waals surface area contributed by atoms with E-state index < -0.39 is 11.3 Å². The van der Waals surface area contributed by atoms with Crippen molar-refractivity contribution in [2.75, 3.05) is 21.3 Å². The summed E-state index contributed by atoms with van der Waals surface area (Å²) >= 11 is 0. The van der Waals surface area contributed by atoms with Crippen LogP contribution in [0.1, 0.15) is 30.0 Å². The van der Waals surface area contributed by atoms with Crippen LogP contribution >= 0.6 is 0 Å². The number of hydrogen-bond acceptors (Lipinski definition) is 6. The second kappa shape index (κ2) is 5.20. The van der Waals surface area contributed by atoms with Gasteiger partial charge < -0.3 is 14.6 Å². The summed E-state index contributed by atoms with van der Waals surface area (Å²) in [6, 6.07) is 5.06. The molecule has 2 aliphatic heterocycles. The standard InChI is InChI=1S/C19H19NO5/c1-20-12-6-7-19(20)9-14(22)17(23)18(25-3)16(19)10-4-5-15(24-2)13(21)8-11(10)12/h4-5,8-9,12,22H,6-7H2,1-3H3. The highest BCUT2D eigenvalue weighted by Crippen LogP contribution is 2.57. The molecule has 25 heavy (non-hydrogen) atoms. The third-order valence-electron chi connectivity index (χ3n) is 5.66. The lowest BCUT2D eigenvalue weighted by Gasteiger charge is -2.45. The zero-order valence-electron chi connectivity index (χ0n) is 14.3. The maximum absolute atomic E-state index is 12.5. The van der Waals surface area contributed by atoms with Crippen molar-refractivity contribution in [1.82, 2.24) is 4.90 Å². The molecule has 2 heterocycles. The quantitative estimate of drug-likeness (QED) is 0.886. The molecule has 0 amide bonds. The number of likely N-dealkylation sites (N-methyl/N-ethyl adjacent to an activating group) is 1. The number of aliphatic hydroxyl groups is 1. The van der Waals surface area contributed by atoms with Crippen LogP contribution in [0.3, 0.4) is 0 Å². The fourth-order valence-electron chi connectivity index (χ4n) is 4.48. The van der Waals surface area contributed by atoms with Gasteiger partial charge in [-0.2, -0.15) is 0 Å². The largest absolute Gasteiger partial charge is 0.504 e. The summed E-state index contributed by atoms with van der Waals surface area (Å²) in [4.78, 5) is 27.0. The summed E-state index contributed by atoms with van der Waals surface area (Å²) in [5, 5.41) is 10.2. The molecule has 4 rings (SSSR count). The van der Waals surface area contributed by atoms with Gasteiger partial charge in [0.05, 0.1) is 19.8 Å². The zero-order chi connectivity index (χ0) is 17.9. The Hall–Kier alpha value is -2.60. The molecule has 2 unspecified atom stereocenters. The maximum atomic E-state index is 12.5. The highest BCUT2D eigenvalue weighted by Gasteiger charge is 2.55. The molecular weight excluding hydrogens is 322 g/mol. The molecule has 6 heteroatoms. The number of rotatable bonds is 2. The first kappa shape index (κ1) is 15.9. The van der Waals surface area contributed by atoms with Crippen LogP contribution in [0.2, 0.25) is 0 Å². The van der Waals surface area contributed by atoms with E-state index in [4.69, 9.17) is 9.47 Å². The van der Waals surface area contributed by atoms with E-state index in [1.165, 1.54) is 14.2 Å². The van der Waals surface area contributed by atoms with E-state index in [1.54, 1.807) is 18.2 Å². The van der Waals surface area contributed by atoms with Crippen molar-refractivity contribution in [3.63, 3.8) is 0 Å². The predicted octanol–water partition coefficient (Wildman–Crippen LogP) is 1.96. The fraction of sp³-hybridized carbons (Fsp3) is 0.368. The fourth-order valence-corrected chi connectivity index (χ4v) is 4.48. The third-order valence-corrected chi connectivity index (χ3v) is 5.66. The molecule has 1 aliphatic carbocycles. The van der Waals surface area contributed by atoms with Crippen molar-refractivity contribution in [2.24, 2.45) is 0 Å². The van der Waals surface area contributed by atoms with Crippen LogP contribution < -0.4 is 10.2 Å². The van der Waals surface area contributed by atoms with Gasteiger partial charge in [-0.05, 0) is 49.2 Å². The van der Waals surface area contributed by atoms with Gasteiger partial charge in [0.15, 0.2) is 17.3 Å². The van der Waals surface area contributed by atoms with E-state index in [9.17, 15) is 14.7 Å². The molecule has 1 fully saturated rings. The third kappa shape index (κ3) is 1.88. The summed E-state index contributed by atoms with van der Waals surface area (Å²) in [7, 11) is 4.83. The maximum Gasteiger partial charge on any atom is 0.261 e. The summed E-state index contributed by atoms with van der Waals surface area (Å²) in [6.07, 6.45) is 3.17.